The first-order valence-corrected chi connectivity index (χ1v) is 9.89. The Hall–Kier alpha value is -2.18. The Morgan fingerprint density at radius 2 is 1.78 bits per heavy atom. The summed E-state index contributed by atoms with van der Waals surface area (Å²) < 4.78 is 4.76. The molecule has 0 spiro atoms. The van der Waals surface area contributed by atoms with Crippen LogP contribution in [0.1, 0.15) is 43.5 Å². The maximum atomic E-state index is 13.0. The fourth-order valence-electron chi connectivity index (χ4n) is 4.14. The average Bonchev–Trinajstić information content (AvgIpc) is 2.67. The Morgan fingerprint density at radius 1 is 1.11 bits per heavy atom. The minimum Gasteiger partial charge on any atom is -0.469 e. The van der Waals surface area contributed by atoms with E-state index in [0.717, 1.165) is 62.7 Å². The molecule has 148 valence electrons. The second-order valence-electron chi connectivity index (χ2n) is 7.78. The van der Waals surface area contributed by atoms with Gasteiger partial charge < -0.3 is 14.5 Å². The van der Waals surface area contributed by atoms with Crippen molar-refractivity contribution in [3.05, 3.63) is 17.5 Å². The fourth-order valence-corrected chi connectivity index (χ4v) is 4.14. The van der Waals surface area contributed by atoms with Crippen molar-refractivity contribution < 1.29 is 14.3 Å². The van der Waals surface area contributed by atoms with E-state index in [1.807, 2.05) is 24.8 Å². The van der Waals surface area contributed by atoms with Crippen molar-refractivity contribution in [2.45, 2.75) is 46.0 Å². The second kappa shape index (κ2) is 8.67. The predicted octanol–water partition coefficient (Wildman–Crippen LogP) is 2.11. The Morgan fingerprint density at radius 3 is 2.41 bits per heavy atom. The number of esters is 1. The Kier molecular flexibility index (Phi) is 6.29. The van der Waals surface area contributed by atoms with E-state index >= 15 is 0 Å². The lowest BCUT2D eigenvalue weighted by Gasteiger charge is -2.37. The molecule has 7 heteroatoms. The molecule has 1 aromatic heterocycles. The van der Waals surface area contributed by atoms with E-state index in [9.17, 15) is 9.59 Å². The van der Waals surface area contributed by atoms with Crippen molar-refractivity contribution in [2.24, 2.45) is 11.8 Å². The summed E-state index contributed by atoms with van der Waals surface area (Å²) in [5, 5.41) is 0. The van der Waals surface area contributed by atoms with Gasteiger partial charge in [0.05, 0.1) is 13.0 Å². The lowest BCUT2D eigenvalue weighted by molar-refractivity contribution is -0.142. The van der Waals surface area contributed by atoms with Gasteiger partial charge >= 0.3 is 5.97 Å². The molecule has 0 unspecified atom stereocenters. The number of amides is 1. The SMILES string of the molecule is COC(=O)CC1CCN(C(=O)[C@H]2CCCN(c3nc(C)cc(C)n3)C2)CC1. The third kappa shape index (κ3) is 4.96. The number of likely N-dealkylation sites (tertiary alicyclic amines) is 1. The Balaban J connectivity index is 1.56. The van der Waals surface area contributed by atoms with Crippen LogP contribution in [0.4, 0.5) is 5.95 Å². The fraction of sp³-hybridized carbons (Fsp3) is 0.700. The molecule has 27 heavy (non-hydrogen) atoms. The molecule has 1 atom stereocenters. The van der Waals surface area contributed by atoms with E-state index in [1.54, 1.807) is 0 Å². The van der Waals surface area contributed by atoms with Gasteiger partial charge in [0, 0.05) is 44.0 Å². The molecule has 0 aromatic carbocycles. The van der Waals surface area contributed by atoms with Crippen molar-refractivity contribution in [3.8, 4) is 0 Å². The summed E-state index contributed by atoms with van der Waals surface area (Å²) in [6, 6.07) is 1.97. The molecule has 0 aliphatic carbocycles. The average molecular weight is 374 g/mol. The monoisotopic (exact) mass is 374 g/mol. The van der Waals surface area contributed by atoms with Gasteiger partial charge in [0.2, 0.25) is 11.9 Å². The number of nitrogens with zero attached hydrogens (tertiary/aromatic N) is 4. The van der Waals surface area contributed by atoms with Crippen LogP contribution in [0.5, 0.6) is 0 Å². The van der Waals surface area contributed by atoms with Gasteiger partial charge in [-0.25, -0.2) is 9.97 Å². The normalized spacial score (nSPS) is 21.2. The minimum absolute atomic E-state index is 0.000301. The molecule has 1 amide bonds. The number of piperidine rings is 2. The number of aromatic nitrogens is 2. The minimum atomic E-state index is -0.156. The van der Waals surface area contributed by atoms with Crippen LogP contribution >= 0.6 is 0 Å². The van der Waals surface area contributed by atoms with Crippen molar-refractivity contribution in [3.63, 3.8) is 0 Å². The van der Waals surface area contributed by atoms with E-state index in [-0.39, 0.29) is 17.8 Å². The van der Waals surface area contributed by atoms with Gasteiger partial charge in [0.15, 0.2) is 0 Å². The molecule has 0 N–H and O–H groups in total. The number of hydrogen-bond acceptors (Lipinski definition) is 6. The summed E-state index contributed by atoms with van der Waals surface area (Å²) in [6.07, 6.45) is 4.10. The zero-order valence-corrected chi connectivity index (χ0v) is 16.6. The maximum Gasteiger partial charge on any atom is 0.305 e. The number of carbonyl (C=O) groups is 2. The van der Waals surface area contributed by atoms with Gasteiger partial charge in [0.1, 0.15) is 0 Å². The second-order valence-corrected chi connectivity index (χ2v) is 7.78. The lowest BCUT2D eigenvalue weighted by Crippen LogP contribution is -2.47. The van der Waals surface area contributed by atoms with Gasteiger partial charge in [-0.3, -0.25) is 9.59 Å². The number of ether oxygens (including phenoxy) is 1. The van der Waals surface area contributed by atoms with Gasteiger partial charge in [-0.2, -0.15) is 0 Å². The summed E-state index contributed by atoms with van der Waals surface area (Å²) in [5.41, 5.74) is 1.91. The molecule has 1 aromatic rings. The van der Waals surface area contributed by atoms with Crippen molar-refractivity contribution >= 4 is 17.8 Å². The lowest BCUT2D eigenvalue weighted by atomic mass is 9.91. The zero-order chi connectivity index (χ0) is 19.4. The van der Waals surface area contributed by atoms with Crippen LogP contribution in [-0.4, -0.2) is 60.0 Å². The number of aryl methyl sites for hydroxylation is 2. The predicted molar refractivity (Wildman–Crippen MR) is 102 cm³/mol. The van der Waals surface area contributed by atoms with Crippen molar-refractivity contribution in [2.75, 3.05) is 38.2 Å². The maximum absolute atomic E-state index is 13.0. The van der Waals surface area contributed by atoms with Crippen LogP contribution in [0.3, 0.4) is 0 Å². The van der Waals surface area contributed by atoms with Gasteiger partial charge in [-0.1, -0.05) is 0 Å². The number of methoxy groups -OCH3 is 1. The van der Waals surface area contributed by atoms with Crippen molar-refractivity contribution in [1.82, 2.24) is 14.9 Å². The molecule has 0 saturated carbocycles. The molecule has 2 aliphatic rings. The molecular weight excluding hydrogens is 344 g/mol. The highest BCUT2D eigenvalue weighted by atomic mass is 16.5. The Labute approximate surface area is 161 Å². The zero-order valence-electron chi connectivity index (χ0n) is 16.6. The van der Waals surface area contributed by atoms with Crippen LogP contribution < -0.4 is 4.90 Å². The van der Waals surface area contributed by atoms with Crippen LogP contribution in [0.25, 0.3) is 0 Å². The summed E-state index contributed by atoms with van der Waals surface area (Å²) in [5.74, 6) is 1.15. The molecule has 3 heterocycles. The van der Waals surface area contributed by atoms with E-state index in [2.05, 4.69) is 14.9 Å². The molecular formula is C20H30N4O3. The number of carbonyl (C=O) groups excluding carboxylic acids is 2. The van der Waals surface area contributed by atoms with Crippen LogP contribution in [-0.2, 0) is 14.3 Å². The number of hydrogen-bond donors (Lipinski definition) is 0. The van der Waals surface area contributed by atoms with Crippen LogP contribution in [0.2, 0.25) is 0 Å². The third-order valence-electron chi connectivity index (χ3n) is 5.63. The molecule has 3 rings (SSSR count). The number of rotatable bonds is 4. The Bertz CT molecular complexity index is 666. The van der Waals surface area contributed by atoms with E-state index in [4.69, 9.17) is 4.74 Å². The molecule has 0 radical (unpaired) electrons. The summed E-state index contributed by atoms with van der Waals surface area (Å²) >= 11 is 0. The largest absolute Gasteiger partial charge is 0.469 e. The summed E-state index contributed by atoms with van der Waals surface area (Å²) in [7, 11) is 1.43. The highest BCUT2D eigenvalue weighted by Gasteiger charge is 2.32. The van der Waals surface area contributed by atoms with Crippen LogP contribution in [0, 0.1) is 25.7 Å². The molecule has 2 aliphatic heterocycles. The summed E-state index contributed by atoms with van der Waals surface area (Å²) in [4.78, 5) is 37.7. The van der Waals surface area contributed by atoms with Gasteiger partial charge in [-0.05, 0) is 51.5 Å². The van der Waals surface area contributed by atoms with E-state index in [1.165, 1.54) is 7.11 Å². The molecule has 0 bridgehead atoms. The van der Waals surface area contributed by atoms with Crippen LogP contribution in [0.15, 0.2) is 6.07 Å². The quantitative estimate of drug-likeness (QED) is 0.752. The summed E-state index contributed by atoms with van der Waals surface area (Å²) in [6.45, 7) is 7.00. The highest BCUT2D eigenvalue weighted by Crippen LogP contribution is 2.26. The first-order valence-electron chi connectivity index (χ1n) is 9.89. The van der Waals surface area contributed by atoms with E-state index < -0.39 is 0 Å². The topological polar surface area (TPSA) is 75.6 Å². The smallest absolute Gasteiger partial charge is 0.305 e. The van der Waals surface area contributed by atoms with Gasteiger partial charge in [-0.15, -0.1) is 0 Å². The first kappa shape index (κ1) is 19.6. The molecule has 2 saturated heterocycles. The molecule has 7 nitrogen and oxygen atoms in total. The van der Waals surface area contributed by atoms with Crippen molar-refractivity contribution in [1.29, 1.82) is 0 Å². The van der Waals surface area contributed by atoms with Gasteiger partial charge in [0.25, 0.3) is 0 Å². The first-order chi connectivity index (χ1) is 13.0. The van der Waals surface area contributed by atoms with E-state index in [0.29, 0.717) is 18.9 Å². The standard InChI is InChI=1S/C20H30N4O3/c1-14-11-15(2)22-20(21-14)24-8-4-5-17(13-24)19(26)23-9-6-16(7-10-23)12-18(25)27-3/h11,16-17H,4-10,12-13H2,1-3H3/t17-/m0/s1. The third-order valence-corrected chi connectivity index (χ3v) is 5.63. The highest BCUT2D eigenvalue weighted by molar-refractivity contribution is 5.80. The molecule has 2 fully saturated rings. The number of anilines is 1.